The average molecular weight is 406 g/mol. The lowest BCUT2D eigenvalue weighted by atomic mass is 9.74. The van der Waals surface area contributed by atoms with E-state index in [0.717, 1.165) is 18.4 Å². The van der Waals surface area contributed by atoms with Gasteiger partial charge in [-0.05, 0) is 41.7 Å². The molecule has 0 amide bonds. The van der Waals surface area contributed by atoms with Gasteiger partial charge in [-0.1, -0.05) is 30.3 Å². The number of carboxylic acid groups (broad SMARTS) is 1. The molecule has 0 spiro atoms. The fraction of sp³-hybridized carbons (Fsp3) is 0.417. The minimum absolute atomic E-state index is 0.0146. The van der Waals surface area contributed by atoms with Gasteiger partial charge in [0.1, 0.15) is 6.10 Å². The number of methoxy groups -OCH3 is 1. The molecule has 156 valence electrons. The molecular weight excluding hydrogens is 380 g/mol. The number of aliphatic carboxylic acids is 1. The topological polar surface area (TPSA) is 82.8 Å². The number of nitrogens with zero attached hydrogens (tertiary/aromatic N) is 2. The van der Waals surface area contributed by atoms with E-state index in [-0.39, 0.29) is 12.6 Å². The number of carboxylic acids is 1. The largest absolute Gasteiger partial charge is 0.493 e. The monoisotopic (exact) mass is 406 g/mol. The molecule has 2 aromatic carbocycles. The van der Waals surface area contributed by atoms with Crippen molar-refractivity contribution in [2.45, 2.75) is 37.2 Å². The molecule has 0 bridgehead atoms. The fourth-order valence-corrected chi connectivity index (χ4v) is 4.60. The summed E-state index contributed by atoms with van der Waals surface area (Å²) in [7, 11) is 1.62. The van der Waals surface area contributed by atoms with Gasteiger partial charge in [-0.15, -0.1) is 0 Å². The third kappa shape index (κ3) is 3.99. The van der Waals surface area contributed by atoms with Crippen molar-refractivity contribution in [3.05, 3.63) is 59.2 Å². The fourth-order valence-electron chi connectivity index (χ4n) is 4.60. The van der Waals surface area contributed by atoms with E-state index in [0.29, 0.717) is 37.4 Å². The molecule has 2 aromatic rings. The summed E-state index contributed by atoms with van der Waals surface area (Å²) in [6.45, 7) is 1.18. The van der Waals surface area contributed by atoms with Crippen LogP contribution in [0.4, 0.5) is 0 Å². The molecule has 30 heavy (non-hydrogen) atoms. The first kappa shape index (κ1) is 20.2. The lowest BCUT2D eigenvalue weighted by molar-refractivity contribution is -0.138. The molecule has 1 fully saturated rings. The highest BCUT2D eigenvalue weighted by Crippen LogP contribution is 2.40. The summed E-state index contributed by atoms with van der Waals surface area (Å²) in [4.78, 5) is 12.9. The minimum atomic E-state index is -0.836. The molecule has 0 aromatic heterocycles. The quantitative estimate of drug-likeness (QED) is 0.793. The van der Waals surface area contributed by atoms with Gasteiger partial charge in [0.2, 0.25) is 0 Å². The third-order valence-corrected chi connectivity index (χ3v) is 6.31. The molecule has 0 saturated carbocycles. The lowest BCUT2D eigenvalue weighted by Gasteiger charge is -2.37. The van der Waals surface area contributed by atoms with Crippen LogP contribution in [0.1, 0.15) is 29.5 Å². The molecule has 0 unspecified atom stereocenters. The van der Waals surface area contributed by atoms with Gasteiger partial charge in [0.15, 0.2) is 11.5 Å². The van der Waals surface area contributed by atoms with Crippen molar-refractivity contribution in [2.24, 2.45) is 0 Å². The Morgan fingerprint density at radius 1 is 1.17 bits per heavy atom. The van der Waals surface area contributed by atoms with Crippen molar-refractivity contribution >= 4 is 5.97 Å². The van der Waals surface area contributed by atoms with E-state index in [1.54, 1.807) is 7.11 Å². The molecular formula is C24H26N2O4. The van der Waals surface area contributed by atoms with Crippen molar-refractivity contribution in [3.63, 3.8) is 0 Å². The predicted molar refractivity (Wildman–Crippen MR) is 112 cm³/mol. The highest BCUT2D eigenvalue weighted by Gasteiger charge is 2.37. The van der Waals surface area contributed by atoms with E-state index in [4.69, 9.17) is 14.6 Å². The van der Waals surface area contributed by atoms with Gasteiger partial charge in [-0.25, -0.2) is 0 Å². The van der Waals surface area contributed by atoms with Crippen LogP contribution in [0.2, 0.25) is 0 Å². The number of ether oxygens (including phenoxy) is 2. The van der Waals surface area contributed by atoms with Gasteiger partial charge in [0.05, 0.1) is 25.1 Å². The van der Waals surface area contributed by atoms with Crippen LogP contribution < -0.4 is 9.47 Å². The Bertz CT molecular complexity index is 948. The Morgan fingerprint density at radius 3 is 2.40 bits per heavy atom. The second kappa shape index (κ2) is 8.37. The molecule has 1 aliphatic heterocycles. The number of carbonyl (C=O) groups is 1. The molecule has 1 saturated heterocycles. The third-order valence-electron chi connectivity index (χ3n) is 6.31. The molecule has 1 N–H and O–H groups in total. The zero-order valence-corrected chi connectivity index (χ0v) is 17.1. The van der Waals surface area contributed by atoms with E-state index in [2.05, 4.69) is 30.3 Å². The number of nitriles is 1. The second-order valence-electron chi connectivity index (χ2n) is 8.15. The van der Waals surface area contributed by atoms with Crippen molar-refractivity contribution in [3.8, 4) is 17.6 Å². The number of rotatable bonds is 6. The van der Waals surface area contributed by atoms with Crippen LogP contribution in [-0.2, 0) is 23.1 Å². The highest BCUT2D eigenvalue weighted by molar-refractivity contribution is 5.69. The molecule has 6 nitrogen and oxygen atoms in total. The zero-order valence-electron chi connectivity index (χ0n) is 17.1. The van der Waals surface area contributed by atoms with Gasteiger partial charge < -0.3 is 14.6 Å². The van der Waals surface area contributed by atoms with Crippen LogP contribution in [0.15, 0.2) is 42.5 Å². The molecule has 1 heterocycles. The molecule has 2 aliphatic rings. The summed E-state index contributed by atoms with van der Waals surface area (Å²) in [5.41, 5.74) is 2.90. The van der Waals surface area contributed by atoms with E-state index in [9.17, 15) is 10.1 Å². The highest BCUT2D eigenvalue weighted by atomic mass is 16.5. The van der Waals surface area contributed by atoms with E-state index in [1.807, 2.05) is 23.1 Å². The molecule has 0 radical (unpaired) electrons. The van der Waals surface area contributed by atoms with Gasteiger partial charge in [-0.3, -0.25) is 9.69 Å². The SMILES string of the molecule is COc1ccc(C2(C#N)CCN(CC(=O)O)CC2)cc1OC1Cc2ccccc2C1. The summed E-state index contributed by atoms with van der Waals surface area (Å²) in [6, 6.07) is 16.6. The van der Waals surface area contributed by atoms with Crippen LogP contribution in [0.5, 0.6) is 11.5 Å². The normalized spacial score (nSPS) is 18.4. The summed E-state index contributed by atoms with van der Waals surface area (Å²) in [5.74, 6) is 0.485. The zero-order chi connectivity index (χ0) is 21.1. The van der Waals surface area contributed by atoms with Gasteiger partial charge >= 0.3 is 5.97 Å². The first-order chi connectivity index (χ1) is 14.5. The van der Waals surface area contributed by atoms with Gasteiger partial charge in [0, 0.05) is 25.9 Å². The number of piperidine rings is 1. The Balaban J connectivity index is 1.54. The smallest absolute Gasteiger partial charge is 0.317 e. The summed E-state index contributed by atoms with van der Waals surface area (Å²) in [6.07, 6.45) is 2.95. The number of likely N-dealkylation sites (tertiary alicyclic amines) is 1. The summed E-state index contributed by atoms with van der Waals surface area (Å²) >= 11 is 0. The molecule has 1 aliphatic carbocycles. The molecule has 0 atom stereocenters. The van der Waals surface area contributed by atoms with Crippen LogP contribution >= 0.6 is 0 Å². The average Bonchev–Trinajstić information content (AvgIpc) is 3.16. The molecule has 6 heteroatoms. The number of fused-ring (bicyclic) bond motifs is 1. The van der Waals surface area contributed by atoms with E-state index < -0.39 is 11.4 Å². The predicted octanol–water partition coefficient (Wildman–Crippen LogP) is 3.18. The van der Waals surface area contributed by atoms with Crippen LogP contribution in [0.25, 0.3) is 0 Å². The van der Waals surface area contributed by atoms with Crippen LogP contribution in [0.3, 0.4) is 0 Å². The number of benzene rings is 2. The summed E-state index contributed by atoms with van der Waals surface area (Å²) in [5, 5.41) is 19.1. The van der Waals surface area contributed by atoms with Crippen molar-refractivity contribution < 1.29 is 19.4 Å². The van der Waals surface area contributed by atoms with Crippen LogP contribution in [0, 0.1) is 11.3 Å². The maximum atomic E-state index is 11.0. The van der Waals surface area contributed by atoms with Crippen LogP contribution in [-0.4, -0.2) is 48.8 Å². The van der Waals surface area contributed by atoms with Crippen molar-refractivity contribution in [2.75, 3.05) is 26.7 Å². The second-order valence-corrected chi connectivity index (χ2v) is 8.15. The lowest BCUT2D eigenvalue weighted by Crippen LogP contribution is -2.43. The Kier molecular flexibility index (Phi) is 5.65. The Hall–Kier alpha value is -3.04. The van der Waals surface area contributed by atoms with E-state index in [1.165, 1.54) is 11.1 Å². The number of hydrogen-bond donors (Lipinski definition) is 1. The Morgan fingerprint density at radius 2 is 1.83 bits per heavy atom. The van der Waals surface area contributed by atoms with Crippen molar-refractivity contribution in [1.29, 1.82) is 5.26 Å². The standard InChI is InChI=1S/C24H26N2O4/c1-29-21-7-6-19(24(16-25)8-10-26(11-9-24)15-23(27)28)14-22(21)30-20-12-17-4-2-3-5-18(17)13-20/h2-7,14,20H,8-13,15H2,1H3,(H,27,28). The minimum Gasteiger partial charge on any atom is -0.493 e. The maximum absolute atomic E-state index is 11.0. The summed E-state index contributed by atoms with van der Waals surface area (Å²) < 4.78 is 11.9. The van der Waals surface area contributed by atoms with Gasteiger partial charge in [0.25, 0.3) is 0 Å². The first-order valence-electron chi connectivity index (χ1n) is 10.3. The molecule has 4 rings (SSSR count). The maximum Gasteiger partial charge on any atom is 0.317 e. The van der Waals surface area contributed by atoms with Gasteiger partial charge in [-0.2, -0.15) is 5.26 Å². The first-order valence-corrected chi connectivity index (χ1v) is 10.3. The van der Waals surface area contributed by atoms with Crippen molar-refractivity contribution in [1.82, 2.24) is 4.90 Å². The Labute approximate surface area is 176 Å². The van der Waals surface area contributed by atoms with E-state index >= 15 is 0 Å². The number of hydrogen-bond acceptors (Lipinski definition) is 5.